The van der Waals surface area contributed by atoms with Gasteiger partial charge < -0.3 is 15.4 Å². The Morgan fingerprint density at radius 3 is 2.38 bits per heavy atom. The van der Waals surface area contributed by atoms with Crippen molar-refractivity contribution >= 4 is 28.6 Å². The van der Waals surface area contributed by atoms with Gasteiger partial charge in [-0.05, 0) is 37.1 Å². The van der Waals surface area contributed by atoms with Crippen LogP contribution in [0.15, 0.2) is 42.5 Å². The molecule has 0 aliphatic heterocycles. The molecule has 2 rings (SSSR count). The topological polar surface area (TPSA) is 84.5 Å². The van der Waals surface area contributed by atoms with E-state index in [9.17, 15) is 14.4 Å². The van der Waals surface area contributed by atoms with Crippen LogP contribution >= 0.6 is 0 Å². The second kappa shape index (κ2) is 8.47. The highest BCUT2D eigenvalue weighted by molar-refractivity contribution is 5.91. The van der Waals surface area contributed by atoms with Crippen molar-refractivity contribution < 1.29 is 19.1 Å². The molecule has 0 aliphatic carbocycles. The summed E-state index contributed by atoms with van der Waals surface area (Å²) in [4.78, 5) is 35.3. The summed E-state index contributed by atoms with van der Waals surface area (Å²) in [5, 5.41) is 7.27. The Bertz CT molecular complexity index is 804. The van der Waals surface area contributed by atoms with E-state index in [1.54, 1.807) is 0 Å². The third-order valence-corrected chi connectivity index (χ3v) is 3.54. The molecule has 0 bridgehead atoms. The van der Waals surface area contributed by atoms with Gasteiger partial charge in [0.05, 0.1) is 6.42 Å². The summed E-state index contributed by atoms with van der Waals surface area (Å²) in [6, 6.07) is 13.6. The van der Waals surface area contributed by atoms with Gasteiger partial charge in [0.25, 0.3) is 5.91 Å². The molecule has 0 radical (unpaired) electrons. The molecule has 0 heterocycles. The first kappa shape index (κ1) is 19.4. The second-order valence-corrected chi connectivity index (χ2v) is 7.05. The maximum absolute atomic E-state index is 12.1. The van der Waals surface area contributed by atoms with Gasteiger partial charge in [-0.25, -0.2) is 0 Å². The number of carbonyl (C=O) groups is 3. The molecule has 0 aliphatic rings. The number of carbonyl (C=O) groups excluding carboxylic acids is 3. The number of benzene rings is 2. The van der Waals surface area contributed by atoms with E-state index in [0.29, 0.717) is 0 Å². The lowest BCUT2D eigenvalue weighted by Crippen LogP contribution is -2.43. The molecule has 0 spiro atoms. The third kappa shape index (κ3) is 6.20. The number of hydrogen-bond donors (Lipinski definition) is 2. The van der Waals surface area contributed by atoms with Crippen molar-refractivity contribution in [2.75, 3.05) is 13.2 Å². The summed E-state index contributed by atoms with van der Waals surface area (Å²) in [6.07, 6.45) is 0.166. The predicted octanol–water partition coefficient (Wildman–Crippen LogP) is 1.96. The third-order valence-electron chi connectivity index (χ3n) is 3.54. The summed E-state index contributed by atoms with van der Waals surface area (Å²) in [5.74, 6) is -1.31. The standard InChI is InChI=1S/C20H24N2O4/c1-20(2,3)22-18(24)13-26-19(25)12-21-17(23)11-15-9-6-8-14-7-4-5-10-16(14)15/h4-10H,11-13H2,1-3H3,(H,21,23)(H,22,24). The van der Waals surface area contributed by atoms with Crippen LogP contribution in [0.4, 0.5) is 0 Å². The first-order chi connectivity index (χ1) is 12.2. The molecule has 2 aromatic carbocycles. The molecular weight excluding hydrogens is 332 g/mol. The average molecular weight is 356 g/mol. The summed E-state index contributed by atoms with van der Waals surface area (Å²) in [5.41, 5.74) is 0.495. The van der Waals surface area contributed by atoms with Crippen molar-refractivity contribution in [3.05, 3.63) is 48.0 Å². The highest BCUT2D eigenvalue weighted by Crippen LogP contribution is 2.18. The minimum Gasteiger partial charge on any atom is -0.454 e. The molecule has 0 aromatic heterocycles. The Morgan fingerprint density at radius 1 is 0.962 bits per heavy atom. The zero-order valence-electron chi connectivity index (χ0n) is 15.3. The van der Waals surface area contributed by atoms with Crippen LogP contribution in [0.5, 0.6) is 0 Å². The largest absolute Gasteiger partial charge is 0.454 e. The minimum atomic E-state index is -0.652. The fraction of sp³-hybridized carbons (Fsp3) is 0.350. The summed E-state index contributed by atoms with van der Waals surface area (Å²) >= 11 is 0. The molecule has 6 nitrogen and oxygen atoms in total. The SMILES string of the molecule is CC(C)(C)NC(=O)COC(=O)CNC(=O)Cc1cccc2ccccc12. The van der Waals surface area contributed by atoms with Gasteiger partial charge in [0.15, 0.2) is 6.61 Å². The van der Waals surface area contributed by atoms with Crippen LogP contribution in [0, 0.1) is 0 Å². The van der Waals surface area contributed by atoms with Gasteiger partial charge >= 0.3 is 5.97 Å². The van der Waals surface area contributed by atoms with Crippen LogP contribution in [0.1, 0.15) is 26.3 Å². The Balaban J connectivity index is 1.79. The van der Waals surface area contributed by atoms with Crippen molar-refractivity contribution in [2.24, 2.45) is 0 Å². The Kier molecular flexibility index (Phi) is 6.33. The molecule has 0 saturated carbocycles. The lowest BCUT2D eigenvalue weighted by molar-refractivity contribution is -0.148. The van der Waals surface area contributed by atoms with E-state index in [1.165, 1.54) is 0 Å². The quantitative estimate of drug-likeness (QED) is 0.775. The van der Waals surface area contributed by atoms with E-state index in [1.807, 2.05) is 63.2 Å². The Morgan fingerprint density at radius 2 is 1.65 bits per heavy atom. The van der Waals surface area contributed by atoms with Crippen LogP contribution in [-0.2, 0) is 25.5 Å². The van der Waals surface area contributed by atoms with Crippen LogP contribution < -0.4 is 10.6 Å². The number of esters is 1. The van der Waals surface area contributed by atoms with Gasteiger partial charge in [0.1, 0.15) is 6.54 Å². The highest BCUT2D eigenvalue weighted by atomic mass is 16.5. The first-order valence-corrected chi connectivity index (χ1v) is 8.44. The second-order valence-electron chi connectivity index (χ2n) is 7.05. The molecule has 0 atom stereocenters. The van der Waals surface area contributed by atoms with E-state index in [0.717, 1.165) is 16.3 Å². The number of nitrogens with one attached hydrogen (secondary N) is 2. The number of rotatable bonds is 6. The minimum absolute atomic E-state index is 0.166. The lowest BCUT2D eigenvalue weighted by Gasteiger charge is -2.20. The number of ether oxygens (including phenoxy) is 1. The first-order valence-electron chi connectivity index (χ1n) is 8.44. The van der Waals surface area contributed by atoms with Gasteiger partial charge in [-0.2, -0.15) is 0 Å². The van der Waals surface area contributed by atoms with Crippen molar-refractivity contribution in [2.45, 2.75) is 32.7 Å². The van der Waals surface area contributed by atoms with E-state index in [4.69, 9.17) is 4.74 Å². The van der Waals surface area contributed by atoms with E-state index in [2.05, 4.69) is 10.6 Å². The number of fused-ring (bicyclic) bond motifs is 1. The maximum atomic E-state index is 12.1. The van der Waals surface area contributed by atoms with Crippen LogP contribution in [0.25, 0.3) is 10.8 Å². The number of amides is 2. The fourth-order valence-corrected chi connectivity index (χ4v) is 2.50. The van der Waals surface area contributed by atoms with Gasteiger partial charge in [-0.1, -0.05) is 42.5 Å². The molecule has 0 saturated heterocycles. The zero-order chi connectivity index (χ0) is 19.2. The normalized spacial score (nSPS) is 11.0. The molecule has 2 aromatic rings. The van der Waals surface area contributed by atoms with Gasteiger partial charge in [-0.3, -0.25) is 14.4 Å². The van der Waals surface area contributed by atoms with Gasteiger partial charge in [0.2, 0.25) is 5.91 Å². The van der Waals surface area contributed by atoms with Gasteiger partial charge in [-0.15, -0.1) is 0 Å². The lowest BCUT2D eigenvalue weighted by atomic mass is 10.0. The molecule has 2 amide bonds. The van der Waals surface area contributed by atoms with Crippen LogP contribution in [-0.4, -0.2) is 36.5 Å². The van der Waals surface area contributed by atoms with Crippen LogP contribution in [0.2, 0.25) is 0 Å². The summed E-state index contributed by atoms with van der Waals surface area (Å²) in [6.45, 7) is 4.86. The Labute approximate surface area is 152 Å². The molecule has 26 heavy (non-hydrogen) atoms. The van der Waals surface area contributed by atoms with Crippen molar-refractivity contribution in [1.82, 2.24) is 10.6 Å². The van der Waals surface area contributed by atoms with E-state index < -0.39 is 11.5 Å². The van der Waals surface area contributed by atoms with E-state index in [-0.39, 0.29) is 31.4 Å². The highest BCUT2D eigenvalue weighted by Gasteiger charge is 2.15. The maximum Gasteiger partial charge on any atom is 0.325 e. The van der Waals surface area contributed by atoms with Crippen LogP contribution in [0.3, 0.4) is 0 Å². The average Bonchev–Trinajstić information content (AvgIpc) is 2.57. The van der Waals surface area contributed by atoms with Crippen molar-refractivity contribution in [3.8, 4) is 0 Å². The molecule has 0 fully saturated rings. The Hall–Kier alpha value is -2.89. The fourth-order valence-electron chi connectivity index (χ4n) is 2.50. The molecule has 0 unspecified atom stereocenters. The molecule has 6 heteroatoms. The zero-order valence-corrected chi connectivity index (χ0v) is 15.3. The molecule has 2 N–H and O–H groups in total. The molecule has 138 valence electrons. The molecular formula is C20H24N2O4. The van der Waals surface area contributed by atoms with Crippen molar-refractivity contribution in [3.63, 3.8) is 0 Å². The number of hydrogen-bond acceptors (Lipinski definition) is 4. The smallest absolute Gasteiger partial charge is 0.325 e. The monoisotopic (exact) mass is 356 g/mol. The predicted molar refractivity (Wildman–Crippen MR) is 99.5 cm³/mol. The van der Waals surface area contributed by atoms with E-state index >= 15 is 0 Å². The summed E-state index contributed by atoms with van der Waals surface area (Å²) < 4.78 is 4.85. The van der Waals surface area contributed by atoms with Gasteiger partial charge in [0, 0.05) is 5.54 Å². The summed E-state index contributed by atoms with van der Waals surface area (Å²) in [7, 11) is 0. The van der Waals surface area contributed by atoms with Crippen molar-refractivity contribution in [1.29, 1.82) is 0 Å².